The Morgan fingerprint density at radius 3 is 2.28 bits per heavy atom. The van der Waals surface area contributed by atoms with Gasteiger partial charge in [-0.05, 0) is 42.7 Å². The Morgan fingerprint density at radius 2 is 1.59 bits per heavy atom. The summed E-state index contributed by atoms with van der Waals surface area (Å²) in [4.78, 5) is 12.6. The fraction of sp³-hybridized carbons (Fsp3) is 0.192. The van der Waals surface area contributed by atoms with Crippen LogP contribution in [0.4, 0.5) is 5.69 Å². The van der Waals surface area contributed by atoms with Gasteiger partial charge >= 0.3 is 0 Å². The van der Waals surface area contributed by atoms with Gasteiger partial charge in [-0.15, -0.1) is 10.2 Å². The van der Waals surface area contributed by atoms with Crippen molar-refractivity contribution in [3.05, 3.63) is 90.5 Å². The van der Waals surface area contributed by atoms with Crippen LogP contribution >= 0.6 is 11.8 Å². The zero-order valence-corrected chi connectivity index (χ0v) is 18.9. The molecule has 0 radical (unpaired) electrons. The maximum atomic E-state index is 12.6. The minimum atomic E-state index is -0.0693. The number of nitrogens with zero attached hydrogens (tertiary/aromatic N) is 3. The van der Waals surface area contributed by atoms with Gasteiger partial charge in [-0.1, -0.05) is 85.8 Å². The van der Waals surface area contributed by atoms with Gasteiger partial charge in [0.2, 0.25) is 5.91 Å². The van der Waals surface area contributed by atoms with Crippen LogP contribution in [0, 0.1) is 0 Å². The molecule has 0 aliphatic carbocycles. The predicted octanol–water partition coefficient (Wildman–Crippen LogP) is 6.01. The fourth-order valence-electron chi connectivity index (χ4n) is 3.41. The van der Waals surface area contributed by atoms with Crippen molar-refractivity contribution in [3.8, 4) is 17.1 Å². The number of para-hydroxylation sites is 1. The van der Waals surface area contributed by atoms with Crippen LogP contribution in [0.3, 0.4) is 0 Å². The van der Waals surface area contributed by atoms with E-state index in [0.717, 1.165) is 29.2 Å². The number of anilines is 1. The second-order valence-corrected chi connectivity index (χ2v) is 8.42. The molecule has 3 aromatic carbocycles. The van der Waals surface area contributed by atoms with E-state index in [1.54, 1.807) is 0 Å². The van der Waals surface area contributed by atoms with Crippen LogP contribution in [0.15, 0.2) is 90.1 Å². The second kappa shape index (κ2) is 10.8. The standard InChI is InChI=1S/C26H26N4OS/c1-2-3-10-20-15-17-22(18-16-20)27-24(31)19-32-26-29-28-25(21-11-6-4-7-12-21)30(26)23-13-8-5-9-14-23/h4-9,11-18H,2-3,10,19H2,1H3,(H,27,31). The molecular formula is C26H26N4OS. The Kier molecular flexibility index (Phi) is 7.35. The number of aryl methyl sites for hydroxylation is 1. The molecule has 4 rings (SSSR count). The third kappa shape index (κ3) is 5.45. The highest BCUT2D eigenvalue weighted by molar-refractivity contribution is 7.99. The van der Waals surface area contributed by atoms with E-state index < -0.39 is 0 Å². The largest absolute Gasteiger partial charge is 0.325 e. The lowest BCUT2D eigenvalue weighted by Crippen LogP contribution is -2.14. The fourth-order valence-corrected chi connectivity index (χ4v) is 4.16. The van der Waals surface area contributed by atoms with E-state index >= 15 is 0 Å². The van der Waals surface area contributed by atoms with Gasteiger partial charge in [0, 0.05) is 16.9 Å². The van der Waals surface area contributed by atoms with Crippen molar-refractivity contribution in [3.63, 3.8) is 0 Å². The summed E-state index contributed by atoms with van der Waals surface area (Å²) in [5.74, 6) is 0.930. The van der Waals surface area contributed by atoms with E-state index in [4.69, 9.17) is 0 Å². The van der Waals surface area contributed by atoms with Crippen molar-refractivity contribution in [2.45, 2.75) is 31.3 Å². The van der Waals surface area contributed by atoms with Gasteiger partial charge in [0.1, 0.15) is 0 Å². The molecule has 0 bridgehead atoms. The lowest BCUT2D eigenvalue weighted by molar-refractivity contribution is -0.113. The molecule has 0 aliphatic rings. The normalized spacial score (nSPS) is 10.8. The average Bonchev–Trinajstić information content (AvgIpc) is 3.27. The summed E-state index contributed by atoms with van der Waals surface area (Å²) in [5.41, 5.74) is 4.04. The van der Waals surface area contributed by atoms with E-state index in [9.17, 15) is 4.79 Å². The number of hydrogen-bond acceptors (Lipinski definition) is 4. The quantitative estimate of drug-likeness (QED) is 0.323. The zero-order chi connectivity index (χ0) is 22.2. The molecule has 0 aliphatic heterocycles. The molecule has 0 saturated heterocycles. The lowest BCUT2D eigenvalue weighted by Gasteiger charge is -2.10. The van der Waals surface area contributed by atoms with Crippen LogP contribution in [-0.4, -0.2) is 26.4 Å². The van der Waals surface area contributed by atoms with Gasteiger partial charge in [0.15, 0.2) is 11.0 Å². The van der Waals surface area contributed by atoms with Crippen LogP contribution in [0.25, 0.3) is 17.1 Å². The van der Waals surface area contributed by atoms with E-state index in [-0.39, 0.29) is 11.7 Å². The minimum Gasteiger partial charge on any atom is -0.325 e. The Morgan fingerprint density at radius 1 is 0.906 bits per heavy atom. The first kappa shape index (κ1) is 21.8. The molecule has 1 N–H and O–H groups in total. The number of carbonyl (C=O) groups is 1. The van der Waals surface area contributed by atoms with Crippen molar-refractivity contribution in [1.82, 2.24) is 14.8 Å². The van der Waals surface area contributed by atoms with Gasteiger partial charge < -0.3 is 5.32 Å². The topological polar surface area (TPSA) is 59.8 Å². The number of nitrogens with one attached hydrogen (secondary N) is 1. The average molecular weight is 443 g/mol. The summed E-state index contributed by atoms with van der Waals surface area (Å²) in [6, 6.07) is 28.0. The number of amides is 1. The van der Waals surface area contributed by atoms with E-state index in [2.05, 4.69) is 34.6 Å². The Balaban J connectivity index is 1.47. The van der Waals surface area contributed by atoms with Crippen LogP contribution < -0.4 is 5.32 Å². The van der Waals surface area contributed by atoms with Crippen molar-refractivity contribution in [1.29, 1.82) is 0 Å². The Hall–Kier alpha value is -3.38. The summed E-state index contributed by atoms with van der Waals surface area (Å²) in [5, 5.41) is 12.5. The maximum absolute atomic E-state index is 12.6. The van der Waals surface area contributed by atoms with Crippen LogP contribution in [0.5, 0.6) is 0 Å². The molecule has 1 aromatic heterocycles. The van der Waals surface area contributed by atoms with Gasteiger partial charge in [-0.25, -0.2) is 0 Å². The number of hydrogen-bond donors (Lipinski definition) is 1. The Bertz CT molecular complexity index is 1140. The molecule has 162 valence electrons. The summed E-state index contributed by atoms with van der Waals surface area (Å²) >= 11 is 1.38. The predicted molar refractivity (Wildman–Crippen MR) is 131 cm³/mol. The molecule has 32 heavy (non-hydrogen) atoms. The number of carbonyl (C=O) groups excluding carboxylic acids is 1. The van der Waals surface area contributed by atoms with Crippen LogP contribution in [-0.2, 0) is 11.2 Å². The lowest BCUT2D eigenvalue weighted by atomic mass is 10.1. The third-order valence-corrected chi connectivity index (χ3v) is 6.00. The molecule has 0 saturated carbocycles. The first-order valence-corrected chi connectivity index (χ1v) is 11.8. The van der Waals surface area contributed by atoms with E-state index in [0.29, 0.717) is 5.16 Å². The van der Waals surface area contributed by atoms with Crippen LogP contribution in [0.1, 0.15) is 25.3 Å². The zero-order valence-electron chi connectivity index (χ0n) is 18.1. The molecule has 5 nitrogen and oxygen atoms in total. The van der Waals surface area contributed by atoms with Gasteiger partial charge in [0.05, 0.1) is 5.75 Å². The number of thioether (sulfide) groups is 1. The highest BCUT2D eigenvalue weighted by atomic mass is 32.2. The van der Waals surface area contributed by atoms with E-state index in [1.807, 2.05) is 77.4 Å². The first-order chi connectivity index (χ1) is 15.7. The molecule has 0 spiro atoms. The van der Waals surface area contributed by atoms with Crippen molar-refractivity contribution < 1.29 is 4.79 Å². The smallest absolute Gasteiger partial charge is 0.234 e. The minimum absolute atomic E-state index is 0.0693. The molecule has 6 heteroatoms. The number of rotatable bonds is 9. The van der Waals surface area contributed by atoms with E-state index in [1.165, 1.54) is 30.2 Å². The molecule has 0 unspecified atom stereocenters. The molecule has 1 amide bonds. The monoisotopic (exact) mass is 442 g/mol. The number of benzene rings is 3. The summed E-state index contributed by atoms with van der Waals surface area (Å²) in [6.45, 7) is 2.19. The molecule has 1 heterocycles. The molecule has 0 fully saturated rings. The summed E-state index contributed by atoms with van der Waals surface area (Å²) in [7, 11) is 0. The van der Waals surface area contributed by atoms with Gasteiger partial charge in [-0.3, -0.25) is 9.36 Å². The highest BCUT2D eigenvalue weighted by Gasteiger charge is 2.17. The van der Waals surface area contributed by atoms with Crippen molar-refractivity contribution in [2.75, 3.05) is 11.1 Å². The molecular weight excluding hydrogens is 416 g/mol. The highest BCUT2D eigenvalue weighted by Crippen LogP contribution is 2.28. The number of aromatic nitrogens is 3. The molecule has 0 atom stereocenters. The second-order valence-electron chi connectivity index (χ2n) is 7.48. The first-order valence-electron chi connectivity index (χ1n) is 10.8. The van der Waals surface area contributed by atoms with Gasteiger partial charge in [-0.2, -0.15) is 0 Å². The maximum Gasteiger partial charge on any atom is 0.234 e. The Labute approximate surface area is 192 Å². The van der Waals surface area contributed by atoms with Crippen molar-refractivity contribution >= 4 is 23.4 Å². The summed E-state index contributed by atoms with van der Waals surface area (Å²) < 4.78 is 2.00. The summed E-state index contributed by atoms with van der Waals surface area (Å²) in [6.07, 6.45) is 3.42. The van der Waals surface area contributed by atoms with Crippen LogP contribution in [0.2, 0.25) is 0 Å². The SMILES string of the molecule is CCCCc1ccc(NC(=O)CSc2nnc(-c3ccccc3)n2-c2ccccc2)cc1. The molecule has 4 aromatic rings. The van der Waals surface area contributed by atoms with Crippen molar-refractivity contribution in [2.24, 2.45) is 0 Å². The van der Waals surface area contributed by atoms with Gasteiger partial charge in [0.25, 0.3) is 0 Å². The number of unbranched alkanes of at least 4 members (excludes halogenated alkanes) is 1. The third-order valence-electron chi connectivity index (χ3n) is 5.07.